The van der Waals surface area contributed by atoms with E-state index in [9.17, 15) is 17.6 Å². The Kier molecular flexibility index (Phi) is 7.93. The van der Waals surface area contributed by atoms with Gasteiger partial charge in [-0.1, -0.05) is 50.2 Å². The molecule has 1 saturated carbocycles. The Morgan fingerprint density at radius 3 is 2.24 bits per heavy atom. The fourth-order valence-electron chi connectivity index (χ4n) is 4.98. The van der Waals surface area contributed by atoms with Crippen LogP contribution in [0.15, 0.2) is 42.5 Å². The summed E-state index contributed by atoms with van der Waals surface area (Å²) >= 11 is 0. The maximum Gasteiger partial charge on any atom is 0.166 e. The van der Waals surface area contributed by atoms with Gasteiger partial charge in [0, 0.05) is 22.4 Å². The summed E-state index contributed by atoms with van der Waals surface area (Å²) in [5.41, 5.74) is 1.71. The van der Waals surface area contributed by atoms with Crippen LogP contribution < -0.4 is 0 Å². The molecule has 3 aromatic carbocycles. The Hall–Kier alpha value is -2.80. The van der Waals surface area contributed by atoms with E-state index in [0.29, 0.717) is 24.6 Å². The molecule has 0 bridgehead atoms. The molecule has 1 aliphatic carbocycles. The molecule has 0 atom stereocenters. The standard InChI is InChI=1S/C30H30F4/c1-2-3-4-5-6-22-18-27(32)29(28(33)19-22)23-12-9-20(10-13-23)7-8-21-11-15-25-24(17-21)14-16-26(31)30(25)34/h11,14-20,23H,2-6,9-10,12-13H2,1H3. The molecule has 0 saturated heterocycles. The third-order valence-corrected chi connectivity index (χ3v) is 6.92. The third kappa shape index (κ3) is 5.63. The minimum Gasteiger partial charge on any atom is -0.207 e. The number of benzene rings is 3. The molecule has 0 amide bonds. The first-order valence-corrected chi connectivity index (χ1v) is 12.3. The van der Waals surface area contributed by atoms with Crippen LogP contribution in [-0.4, -0.2) is 0 Å². The Morgan fingerprint density at radius 2 is 1.53 bits per heavy atom. The molecule has 178 valence electrons. The number of unbranched alkanes of at least 4 members (excludes halogenated alkanes) is 3. The van der Waals surface area contributed by atoms with Gasteiger partial charge in [0.2, 0.25) is 0 Å². The highest BCUT2D eigenvalue weighted by atomic mass is 19.2. The van der Waals surface area contributed by atoms with Crippen molar-refractivity contribution in [1.29, 1.82) is 0 Å². The number of aryl methyl sites for hydroxylation is 1. The minimum atomic E-state index is -0.863. The summed E-state index contributed by atoms with van der Waals surface area (Å²) in [7, 11) is 0. The normalized spacial score (nSPS) is 18.0. The molecule has 0 radical (unpaired) electrons. The number of fused-ring (bicyclic) bond motifs is 1. The van der Waals surface area contributed by atoms with E-state index in [0.717, 1.165) is 55.7 Å². The van der Waals surface area contributed by atoms with Gasteiger partial charge in [-0.25, -0.2) is 17.6 Å². The van der Waals surface area contributed by atoms with Crippen molar-refractivity contribution in [1.82, 2.24) is 0 Å². The molecule has 3 aromatic rings. The van der Waals surface area contributed by atoms with Crippen LogP contribution in [0.4, 0.5) is 17.6 Å². The van der Waals surface area contributed by atoms with E-state index < -0.39 is 23.3 Å². The summed E-state index contributed by atoms with van der Waals surface area (Å²) in [5, 5.41) is 0.844. The zero-order valence-corrected chi connectivity index (χ0v) is 19.6. The lowest BCUT2D eigenvalue weighted by Gasteiger charge is -2.26. The smallest absolute Gasteiger partial charge is 0.166 e. The largest absolute Gasteiger partial charge is 0.207 e. The fourth-order valence-corrected chi connectivity index (χ4v) is 4.98. The molecule has 0 unspecified atom stereocenters. The van der Waals surface area contributed by atoms with Gasteiger partial charge >= 0.3 is 0 Å². The van der Waals surface area contributed by atoms with Gasteiger partial charge in [-0.3, -0.25) is 0 Å². The van der Waals surface area contributed by atoms with E-state index in [-0.39, 0.29) is 22.8 Å². The van der Waals surface area contributed by atoms with Crippen LogP contribution in [-0.2, 0) is 6.42 Å². The van der Waals surface area contributed by atoms with Crippen molar-refractivity contribution in [2.45, 2.75) is 70.6 Å². The van der Waals surface area contributed by atoms with Crippen LogP contribution in [0.5, 0.6) is 0 Å². The molecular weight excluding hydrogens is 436 g/mol. The van der Waals surface area contributed by atoms with Gasteiger partial charge < -0.3 is 0 Å². The van der Waals surface area contributed by atoms with Crippen LogP contribution in [0.3, 0.4) is 0 Å². The topological polar surface area (TPSA) is 0 Å². The highest BCUT2D eigenvalue weighted by Crippen LogP contribution is 2.38. The second-order valence-corrected chi connectivity index (χ2v) is 9.40. The lowest BCUT2D eigenvalue weighted by Crippen LogP contribution is -2.15. The molecule has 1 aliphatic rings. The molecule has 0 nitrogen and oxygen atoms in total. The summed E-state index contributed by atoms with van der Waals surface area (Å²) in [4.78, 5) is 0. The molecular formula is C30H30F4. The average Bonchev–Trinajstić information content (AvgIpc) is 2.83. The maximum atomic E-state index is 14.8. The molecule has 0 N–H and O–H groups in total. The van der Waals surface area contributed by atoms with Gasteiger partial charge in [-0.15, -0.1) is 0 Å². The van der Waals surface area contributed by atoms with Gasteiger partial charge in [0.15, 0.2) is 11.6 Å². The zero-order chi connectivity index (χ0) is 24.1. The quantitative estimate of drug-likeness (QED) is 0.193. The second kappa shape index (κ2) is 11.1. The van der Waals surface area contributed by atoms with E-state index in [1.807, 2.05) is 0 Å². The lowest BCUT2D eigenvalue weighted by atomic mass is 9.78. The first-order valence-electron chi connectivity index (χ1n) is 12.3. The Labute approximate surface area is 199 Å². The van der Waals surface area contributed by atoms with Gasteiger partial charge in [0.05, 0.1) is 0 Å². The molecule has 4 rings (SSSR count). The maximum absolute atomic E-state index is 14.8. The lowest BCUT2D eigenvalue weighted by molar-refractivity contribution is 0.366. The highest BCUT2D eigenvalue weighted by Gasteiger charge is 2.26. The van der Waals surface area contributed by atoms with Crippen molar-refractivity contribution >= 4 is 10.8 Å². The highest BCUT2D eigenvalue weighted by molar-refractivity contribution is 5.84. The van der Waals surface area contributed by atoms with Crippen LogP contribution in [0.25, 0.3) is 10.8 Å². The van der Waals surface area contributed by atoms with Crippen LogP contribution in [0.2, 0.25) is 0 Å². The summed E-state index contributed by atoms with van der Waals surface area (Å²) < 4.78 is 56.9. The second-order valence-electron chi connectivity index (χ2n) is 9.40. The van der Waals surface area contributed by atoms with Crippen molar-refractivity contribution in [3.63, 3.8) is 0 Å². The Bertz CT molecular complexity index is 1190. The summed E-state index contributed by atoms with van der Waals surface area (Å²) in [6, 6.07) is 10.7. The zero-order valence-electron chi connectivity index (χ0n) is 19.6. The first-order chi connectivity index (χ1) is 16.5. The Morgan fingerprint density at radius 1 is 0.794 bits per heavy atom. The van der Waals surface area contributed by atoms with Crippen molar-refractivity contribution in [2.75, 3.05) is 0 Å². The predicted octanol–water partition coefficient (Wildman–Crippen LogP) is 8.84. The van der Waals surface area contributed by atoms with Gasteiger partial charge in [-0.2, -0.15) is 0 Å². The summed E-state index contributed by atoms with van der Waals surface area (Å²) in [5.74, 6) is 3.90. The van der Waals surface area contributed by atoms with Crippen molar-refractivity contribution in [3.8, 4) is 11.8 Å². The number of hydrogen-bond donors (Lipinski definition) is 0. The van der Waals surface area contributed by atoms with E-state index in [4.69, 9.17) is 0 Å². The molecule has 0 aromatic heterocycles. The summed E-state index contributed by atoms with van der Waals surface area (Å²) in [6.45, 7) is 2.14. The molecule has 4 heteroatoms. The predicted molar refractivity (Wildman–Crippen MR) is 130 cm³/mol. The molecule has 34 heavy (non-hydrogen) atoms. The minimum absolute atomic E-state index is 0.120. The molecule has 0 spiro atoms. The number of hydrogen-bond acceptors (Lipinski definition) is 0. The van der Waals surface area contributed by atoms with E-state index in [2.05, 4.69) is 18.8 Å². The monoisotopic (exact) mass is 466 g/mol. The molecule has 1 fully saturated rings. The first kappa shape index (κ1) is 24.3. The molecule has 0 heterocycles. The van der Waals surface area contributed by atoms with Gasteiger partial charge in [0.25, 0.3) is 0 Å². The van der Waals surface area contributed by atoms with E-state index >= 15 is 0 Å². The Balaban J connectivity index is 1.38. The van der Waals surface area contributed by atoms with E-state index in [1.165, 1.54) is 12.1 Å². The third-order valence-electron chi connectivity index (χ3n) is 6.92. The summed E-state index contributed by atoms with van der Waals surface area (Å²) in [6.07, 6.45) is 8.00. The van der Waals surface area contributed by atoms with Crippen molar-refractivity contribution in [2.24, 2.45) is 5.92 Å². The number of rotatable bonds is 6. The van der Waals surface area contributed by atoms with E-state index in [1.54, 1.807) is 24.3 Å². The number of halogens is 4. The van der Waals surface area contributed by atoms with Crippen molar-refractivity contribution in [3.05, 3.63) is 82.4 Å². The van der Waals surface area contributed by atoms with Crippen molar-refractivity contribution < 1.29 is 17.6 Å². The van der Waals surface area contributed by atoms with Gasteiger partial charge in [0.1, 0.15) is 11.6 Å². The molecule has 0 aliphatic heterocycles. The van der Waals surface area contributed by atoms with Crippen LogP contribution >= 0.6 is 0 Å². The van der Waals surface area contributed by atoms with Crippen LogP contribution in [0.1, 0.15) is 80.9 Å². The SMILES string of the molecule is CCCCCCc1cc(F)c(C2CCC(C#Cc3ccc4c(F)c(F)ccc4c3)CC2)c(F)c1. The average molecular weight is 467 g/mol. The van der Waals surface area contributed by atoms with Crippen LogP contribution in [0, 0.1) is 41.0 Å². The fraction of sp³-hybridized carbons (Fsp3) is 0.400. The van der Waals surface area contributed by atoms with Gasteiger partial charge in [-0.05, 0) is 85.7 Å².